The van der Waals surface area contributed by atoms with Gasteiger partial charge in [0.05, 0.1) is 5.52 Å². The summed E-state index contributed by atoms with van der Waals surface area (Å²) >= 11 is -0.106. The standard InChI is InChI=1S/C19H19F3N4S.ClH/c1-12-23-16-11-15(13-5-7-14(8-6-13)27-19(20,21)22)25-17(16)18(24-12)26-9-3-2-4-10-26;/h5-8,11,25H,2-4,9-10H2,1H3;1H. The summed E-state index contributed by atoms with van der Waals surface area (Å²) in [6, 6.07) is 8.30. The Hall–Kier alpha value is -1.93. The predicted octanol–water partition coefficient (Wildman–Crippen LogP) is 5.96. The summed E-state index contributed by atoms with van der Waals surface area (Å²) in [5, 5.41) is 0. The second kappa shape index (κ2) is 8.21. The molecule has 2 aromatic heterocycles. The van der Waals surface area contributed by atoms with Crippen LogP contribution in [0.1, 0.15) is 25.1 Å². The summed E-state index contributed by atoms with van der Waals surface area (Å²) in [5.74, 6) is 1.62. The number of fused-ring (bicyclic) bond motifs is 1. The second-order valence-corrected chi connectivity index (χ2v) is 7.80. The van der Waals surface area contributed by atoms with Crippen LogP contribution in [-0.2, 0) is 0 Å². The number of piperidine rings is 1. The van der Waals surface area contributed by atoms with Crippen LogP contribution < -0.4 is 4.90 Å². The van der Waals surface area contributed by atoms with E-state index in [4.69, 9.17) is 0 Å². The van der Waals surface area contributed by atoms with E-state index in [2.05, 4.69) is 19.9 Å². The molecule has 1 saturated heterocycles. The van der Waals surface area contributed by atoms with Crippen molar-refractivity contribution in [2.75, 3.05) is 18.0 Å². The van der Waals surface area contributed by atoms with Crippen LogP contribution >= 0.6 is 24.2 Å². The third kappa shape index (κ3) is 4.55. The van der Waals surface area contributed by atoms with Crippen molar-refractivity contribution in [3.63, 3.8) is 0 Å². The van der Waals surface area contributed by atoms with Crippen LogP contribution in [0.15, 0.2) is 35.2 Å². The Bertz CT molecular complexity index is 950. The number of nitrogens with one attached hydrogen (secondary N) is 1. The lowest BCUT2D eigenvalue weighted by Gasteiger charge is -2.28. The van der Waals surface area contributed by atoms with E-state index >= 15 is 0 Å². The average Bonchev–Trinajstić information content (AvgIpc) is 3.05. The van der Waals surface area contributed by atoms with Crippen molar-refractivity contribution in [1.82, 2.24) is 15.0 Å². The fourth-order valence-electron chi connectivity index (χ4n) is 3.44. The van der Waals surface area contributed by atoms with E-state index in [0.717, 1.165) is 54.0 Å². The lowest BCUT2D eigenvalue weighted by atomic mass is 10.1. The quantitative estimate of drug-likeness (QED) is 0.523. The number of H-pyrrole nitrogens is 1. The van der Waals surface area contributed by atoms with Gasteiger partial charge in [-0.3, -0.25) is 0 Å². The smallest absolute Gasteiger partial charge is 0.355 e. The molecular weight excluding hydrogens is 409 g/mol. The fraction of sp³-hybridized carbons (Fsp3) is 0.368. The van der Waals surface area contributed by atoms with Crippen LogP contribution in [0.5, 0.6) is 0 Å². The fourth-order valence-corrected chi connectivity index (χ4v) is 3.98. The minimum Gasteiger partial charge on any atom is -0.355 e. The first kappa shape index (κ1) is 20.8. The van der Waals surface area contributed by atoms with Crippen LogP contribution in [0.3, 0.4) is 0 Å². The van der Waals surface area contributed by atoms with Gasteiger partial charge < -0.3 is 9.88 Å². The van der Waals surface area contributed by atoms with Crippen molar-refractivity contribution in [2.45, 2.75) is 36.6 Å². The molecule has 28 heavy (non-hydrogen) atoms. The normalized spacial score (nSPS) is 14.9. The first-order valence-corrected chi connectivity index (χ1v) is 9.69. The summed E-state index contributed by atoms with van der Waals surface area (Å²) < 4.78 is 37.5. The van der Waals surface area contributed by atoms with Gasteiger partial charge in [-0.25, -0.2) is 9.97 Å². The maximum absolute atomic E-state index is 12.5. The highest BCUT2D eigenvalue weighted by Gasteiger charge is 2.29. The van der Waals surface area contributed by atoms with Gasteiger partial charge in [0.25, 0.3) is 0 Å². The summed E-state index contributed by atoms with van der Waals surface area (Å²) in [7, 11) is 0. The molecule has 1 fully saturated rings. The second-order valence-electron chi connectivity index (χ2n) is 6.66. The first-order chi connectivity index (χ1) is 12.9. The maximum Gasteiger partial charge on any atom is 0.446 e. The molecule has 0 spiro atoms. The van der Waals surface area contributed by atoms with Crippen LogP contribution in [0.25, 0.3) is 22.3 Å². The Morgan fingerprint density at radius 3 is 2.36 bits per heavy atom. The molecule has 1 aliphatic heterocycles. The number of thioether (sulfide) groups is 1. The number of halogens is 4. The summed E-state index contributed by atoms with van der Waals surface area (Å²) in [6.07, 6.45) is 3.54. The molecule has 9 heteroatoms. The third-order valence-electron chi connectivity index (χ3n) is 4.62. The zero-order valence-corrected chi connectivity index (χ0v) is 16.8. The van der Waals surface area contributed by atoms with Crippen molar-refractivity contribution in [1.29, 1.82) is 0 Å². The van der Waals surface area contributed by atoms with Crippen molar-refractivity contribution in [3.8, 4) is 11.3 Å². The highest BCUT2D eigenvalue weighted by molar-refractivity contribution is 8.00. The average molecular weight is 429 g/mol. The Kier molecular flexibility index (Phi) is 6.09. The number of hydrogen-bond acceptors (Lipinski definition) is 4. The van der Waals surface area contributed by atoms with Gasteiger partial charge in [-0.05, 0) is 61.7 Å². The molecule has 0 saturated carbocycles. The monoisotopic (exact) mass is 428 g/mol. The lowest BCUT2D eigenvalue weighted by Crippen LogP contribution is -2.30. The molecule has 0 unspecified atom stereocenters. The molecule has 0 atom stereocenters. The topological polar surface area (TPSA) is 44.8 Å². The van der Waals surface area contributed by atoms with Crippen LogP contribution in [0, 0.1) is 6.92 Å². The Labute approximate surface area is 171 Å². The number of nitrogens with zero attached hydrogens (tertiary/aromatic N) is 3. The number of aromatic nitrogens is 3. The molecule has 1 aliphatic rings. The van der Waals surface area contributed by atoms with E-state index < -0.39 is 5.51 Å². The van der Waals surface area contributed by atoms with Crippen molar-refractivity contribution in [3.05, 3.63) is 36.2 Å². The van der Waals surface area contributed by atoms with Crippen LogP contribution in [0.2, 0.25) is 0 Å². The van der Waals surface area contributed by atoms with Gasteiger partial charge in [0, 0.05) is 23.7 Å². The molecule has 4 rings (SSSR count). The predicted molar refractivity (Wildman–Crippen MR) is 109 cm³/mol. The highest BCUT2D eigenvalue weighted by atomic mass is 35.5. The molecule has 3 heterocycles. The molecule has 1 aromatic carbocycles. The van der Waals surface area contributed by atoms with Gasteiger partial charge in [-0.15, -0.1) is 12.4 Å². The zero-order valence-electron chi connectivity index (χ0n) is 15.2. The first-order valence-electron chi connectivity index (χ1n) is 8.87. The Balaban J connectivity index is 0.00000225. The largest absolute Gasteiger partial charge is 0.446 e. The van der Waals surface area contributed by atoms with Gasteiger partial charge in [-0.1, -0.05) is 12.1 Å². The van der Waals surface area contributed by atoms with Gasteiger partial charge in [-0.2, -0.15) is 13.2 Å². The Morgan fingerprint density at radius 2 is 1.71 bits per heavy atom. The molecule has 0 aliphatic carbocycles. The summed E-state index contributed by atoms with van der Waals surface area (Å²) in [5.41, 5.74) is -0.925. The molecule has 150 valence electrons. The van der Waals surface area contributed by atoms with E-state index in [1.165, 1.54) is 18.6 Å². The van der Waals surface area contributed by atoms with Gasteiger partial charge >= 0.3 is 5.51 Å². The number of benzene rings is 1. The number of anilines is 1. The minimum atomic E-state index is -4.28. The van der Waals surface area contributed by atoms with Crippen LogP contribution in [0.4, 0.5) is 19.0 Å². The molecule has 0 amide bonds. The molecule has 1 N–H and O–H groups in total. The van der Waals surface area contributed by atoms with Gasteiger partial charge in [0.15, 0.2) is 5.82 Å². The Morgan fingerprint density at radius 1 is 1.04 bits per heavy atom. The summed E-state index contributed by atoms with van der Waals surface area (Å²) in [6.45, 7) is 3.83. The molecule has 3 aromatic rings. The van der Waals surface area contributed by atoms with Gasteiger partial charge in [0.1, 0.15) is 11.3 Å². The molecule has 0 radical (unpaired) electrons. The van der Waals surface area contributed by atoms with Crippen molar-refractivity contribution < 1.29 is 13.2 Å². The van der Waals surface area contributed by atoms with Crippen LogP contribution in [-0.4, -0.2) is 33.5 Å². The maximum atomic E-state index is 12.5. The zero-order chi connectivity index (χ0) is 19.0. The van der Waals surface area contributed by atoms with Gasteiger partial charge in [0.2, 0.25) is 0 Å². The van der Waals surface area contributed by atoms with E-state index in [-0.39, 0.29) is 29.1 Å². The highest BCUT2D eigenvalue weighted by Crippen LogP contribution is 2.38. The number of hydrogen-bond donors (Lipinski definition) is 1. The number of aryl methyl sites for hydroxylation is 1. The molecule has 4 nitrogen and oxygen atoms in total. The molecule has 0 bridgehead atoms. The van der Waals surface area contributed by atoms with Crippen molar-refractivity contribution in [2.24, 2.45) is 0 Å². The van der Waals surface area contributed by atoms with E-state index in [1.54, 1.807) is 12.1 Å². The minimum absolute atomic E-state index is 0. The third-order valence-corrected chi connectivity index (χ3v) is 5.36. The van der Waals surface area contributed by atoms with E-state index in [1.807, 2.05) is 13.0 Å². The number of alkyl halides is 3. The van der Waals surface area contributed by atoms with E-state index in [9.17, 15) is 13.2 Å². The lowest BCUT2D eigenvalue weighted by molar-refractivity contribution is -0.0328. The number of rotatable bonds is 3. The molecular formula is C19H20ClF3N4S. The van der Waals surface area contributed by atoms with Crippen molar-refractivity contribution >= 4 is 41.0 Å². The SMILES string of the molecule is Cc1nc(N2CCCCC2)c2[nH]c(-c3ccc(SC(F)(F)F)cc3)cc2n1.Cl. The van der Waals surface area contributed by atoms with E-state index in [0.29, 0.717) is 5.82 Å². The number of aromatic amines is 1. The summed E-state index contributed by atoms with van der Waals surface area (Å²) in [4.78, 5) is 15.0.